The van der Waals surface area contributed by atoms with Crippen molar-refractivity contribution in [1.82, 2.24) is 0 Å². The molecule has 1 saturated heterocycles. The molecule has 0 aliphatic carbocycles. The molecule has 2 unspecified atom stereocenters. The molecule has 74 valence electrons. The van der Waals surface area contributed by atoms with Crippen LogP contribution in [-0.2, 0) is 9.47 Å². The molecule has 2 rings (SSSR count). The Morgan fingerprint density at radius 2 is 2.50 bits per heavy atom. The third-order valence-corrected chi connectivity index (χ3v) is 3.08. The summed E-state index contributed by atoms with van der Waals surface area (Å²) in [6.45, 7) is 2.57. The topological polar surface area (TPSA) is 42.2 Å². The highest BCUT2D eigenvalue weighted by Gasteiger charge is 2.27. The first kappa shape index (κ1) is 9.66. The summed E-state index contributed by atoms with van der Waals surface area (Å²) in [7, 11) is 0. The van der Waals surface area contributed by atoms with Crippen LogP contribution in [0.4, 0.5) is 0 Å². The van der Waals surface area contributed by atoms with Gasteiger partial charge in [0.05, 0.1) is 30.1 Å². The number of thiophene rings is 1. The van der Waals surface area contributed by atoms with Crippen molar-refractivity contribution in [3.63, 3.8) is 0 Å². The Bertz CT molecular complexity index is 355. The van der Waals surface area contributed by atoms with Gasteiger partial charge in [0.2, 0.25) is 0 Å². The number of ether oxygens (including phenoxy) is 2. The average Bonchev–Trinajstić information content (AvgIpc) is 2.74. The molecule has 0 saturated carbocycles. The van der Waals surface area contributed by atoms with Gasteiger partial charge in [0.15, 0.2) is 6.29 Å². The van der Waals surface area contributed by atoms with Crippen molar-refractivity contribution in [2.45, 2.75) is 25.7 Å². The standard InChI is InChI=1S/C10H11NO2S/c1-7-2-3-9(14-7)10-12-6-8(13-10)4-5-11/h2-3,8,10H,4,6H2,1H3. The number of aryl methyl sites for hydroxylation is 1. The molecule has 2 heterocycles. The van der Waals surface area contributed by atoms with E-state index >= 15 is 0 Å². The maximum Gasteiger partial charge on any atom is 0.193 e. The molecule has 1 fully saturated rings. The molecule has 14 heavy (non-hydrogen) atoms. The Morgan fingerprint density at radius 1 is 1.64 bits per heavy atom. The lowest BCUT2D eigenvalue weighted by Gasteiger charge is -2.06. The zero-order valence-corrected chi connectivity index (χ0v) is 8.71. The van der Waals surface area contributed by atoms with Crippen molar-refractivity contribution in [2.75, 3.05) is 6.61 Å². The van der Waals surface area contributed by atoms with Gasteiger partial charge in [-0.25, -0.2) is 0 Å². The zero-order chi connectivity index (χ0) is 9.97. The highest BCUT2D eigenvalue weighted by molar-refractivity contribution is 7.11. The van der Waals surface area contributed by atoms with Crippen LogP contribution in [0.1, 0.15) is 22.5 Å². The van der Waals surface area contributed by atoms with Gasteiger partial charge in [0, 0.05) is 4.88 Å². The highest BCUT2D eigenvalue weighted by Crippen LogP contribution is 2.32. The third-order valence-electron chi connectivity index (χ3n) is 2.06. The van der Waals surface area contributed by atoms with Gasteiger partial charge in [-0.05, 0) is 19.1 Å². The fourth-order valence-corrected chi connectivity index (χ4v) is 2.25. The van der Waals surface area contributed by atoms with E-state index in [1.807, 2.05) is 12.1 Å². The minimum absolute atomic E-state index is 0.0626. The smallest absolute Gasteiger partial charge is 0.193 e. The third kappa shape index (κ3) is 1.95. The lowest BCUT2D eigenvalue weighted by molar-refractivity contribution is -0.0566. The lowest BCUT2D eigenvalue weighted by Crippen LogP contribution is -2.07. The van der Waals surface area contributed by atoms with Gasteiger partial charge in [0.25, 0.3) is 0 Å². The monoisotopic (exact) mass is 209 g/mol. The van der Waals surface area contributed by atoms with Crippen LogP contribution in [-0.4, -0.2) is 12.7 Å². The Balaban J connectivity index is 1.99. The summed E-state index contributed by atoms with van der Waals surface area (Å²) >= 11 is 1.67. The molecular weight excluding hydrogens is 198 g/mol. The van der Waals surface area contributed by atoms with Gasteiger partial charge >= 0.3 is 0 Å². The maximum absolute atomic E-state index is 8.50. The van der Waals surface area contributed by atoms with Gasteiger partial charge in [-0.1, -0.05) is 0 Å². The second-order valence-corrected chi connectivity index (χ2v) is 4.55. The SMILES string of the molecule is Cc1ccc(C2OCC(CC#N)O2)s1. The minimum Gasteiger partial charge on any atom is -0.345 e. The van der Waals surface area contributed by atoms with E-state index in [0.717, 1.165) is 4.88 Å². The first-order valence-electron chi connectivity index (χ1n) is 4.50. The van der Waals surface area contributed by atoms with Crippen LogP contribution in [0, 0.1) is 18.3 Å². The van der Waals surface area contributed by atoms with Crippen LogP contribution in [0.15, 0.2) is 12.1 Å². The fraction of sp³-hybridized carbons (Fsp3) is 0.500. The Morgan fingerprint density at radius 3 is 3.14 bits per heavy atom. The fourth-order valence-electron chi connectivity index (χ4n) is 1.39. The lowest BCUT2D eigenvalue weighted by atomic mass is 10.3. The molecule has 0 bridgehead atoms. The van der Waals surface area contributed by atoms with E-state index in [0.29, 0.717) is 13.0 Å². The molecule has 0 spiro atoms. The average molecular weight is 209 g/mol. The molecule has 1 aliphatic heterocycles. The van der Waals surface area contributed by atoms with Crippen LogP contribution >= 0.6 is 11.3 Å². The summed E-state index contributed by atoms with van der Waals surface area (Å²) < 4.78 is 11.0. The number of nitrogens with zero attached hydrogens (tertiary/aromatic N) is 1. The largest absolute Gasteiger partial charge is 0.345 e. The summed E-state index contributed by atoms with van der Waals surface area (Å²) in [4.78, 5) is 2.33. The predicted molar refractivity (Wildman–Crippen MR) is 52.9 cm³/mol. The highest BCUT2D eigenvalue weighted by atomic mass is 32.1. The second-order valence-electron chi connectivity index (χ2n) is 3.23. The molecule has 1 aliphatic rings. The van der Waals surface area contributed by atoms with Gasteiger partial charge < -0.3 is 9.47 Å². The second kappa shape index (κ2) is 4.09. The summed E-state index contributed by atoms with van der Waals surface area (Å²) in [6.07, 6.45) is 0.0837. The van der Waals surface area contributed by atoms with Gasteiger partial charge in [0.1, 0.15) is 0 Å². The van der Waals surface area contributed by atoms with Crippen LogP contribution in [0.5, 0.6) is 0 Å². The molecule has 0 aromatic carbocycles. The van der Waals surface area contributed by atoms with E-state index in [9.17, 15) is 0 Å². The quantitative estimate of drug-likeness (QED) is 0.751. The van der Waals surface area contributed by atoms with Crippen molar-refractivity contribution >= 4 is 11.3 Å². The number of nitriles is 1. The van der Waals surface area contributed by atoms with Crippen LogP contribution in [0.2, 0.25) is 0 Å². The minimum atomic E-state index is -0.257. The maximum atomic E-state index is 8.50. The van der Waals surface area contributed by atoms with E-state index in [1.165, 1.54) is 4.88 Å². The van der Waals surface area contributed by atoms with Crippen molar-refractivity contribution in [3.8, 4) is 6.07 Å². The van der Waals surface area contributed by atoms with E-state index in [1.54, 1.807) is 11.3 Å². The summed E-state index contributed by atoms with van der Waals surface area (Å²) in [5.41, 5.74) is 0. The van der Waals surface area contributed by atoms with Crippen molar-refractivity contribution < 1.29 is 9.47 Å². The molecule has 2 atom stereocenters. The van der Waals surface area contributed by atoms with Gasteiger partial charge in [-0.15, -0.1) is 11.3 Å². The molecular formula is C10H11NO2S. The molecule has 0 amide bonds. The Labute approximate surface area is 86.9 Å². The molecule has 3 nitrogen and oxygen atoms in total. The molecule has 1 aromatic heterocycles. The van der Waals surface area contributed by atoms with Crippen molar-refractivity contribution in [1.29, 1.82) is 5.26 Å². The van der Waals surface area contributed by atoms with Crippen molar-refractivity contribution in [3.05, 3.63) is 21.9 Å². The number of rotatable bonds is 2. The number of hydrogen-bond acceptors (Lipinski definition) is 4. The first-order chi connectivity index (χ1) is 6.79. The van der Waals surface area contributed by atoms with E-state index in [2.05, 4.69) is 13.0 Å². The summed E-state index contributed by atoms with van der Waals surface area (Å²) in [5, 5.41) is 8.50. The molecule has 1 aromatic rings. The van der Waals surface area contributed by atoms with Gasteiger partial charge in [-0.2, -0.15) is 5.26 Å². The molecule has 4 heteroatoms. The zero-order valence-electron chi connectivity index (χ0n) is 7.90. The van der Waals surface area contributed by atoms with Gasteiger partial charge in [-0.3, -0.25) is 0 Å². The first-order valence-corrected chi connectivity index (χ1v) is 5.31. The van der Waals surface area contributed by atoms with Crippen LogP contribution < -0.4 is 0 Å². The molecule has 0 N–H and O–H groups in total. The predicted octanol–water partition coefficient (Wildman–Crippen LogP) is 2.38. The van der Waals surface area contributed by atoms with Crippen molar-refractivity contribution in [2.24, 2.45) is 0 Å². The Kier molecular flexibility index (Phi) is 2.82. The van der Waals surface area contributed by atoms with E-state index in [4.69, 9.17) is 14.7 Å². The van der Waals surface area contributed by atoms with E-state index < -0.39 is 0 Å². The van der Waals surface area contributed by atoms with Crippen LogP contribution in [0.3, 0.4) is 0 Å². The number of hydrogen-bond donors (Lipinski definition) is 0. The van der Waals surface area contributed by atoms with E-state index in [-0.39, 0.29) is 12.4 Å². The summed E-state index contributed by atoms with van der Waals surface area (Å²) in [6, 6.07) is 6.14. The Hall–Kier alpha value is -0.890. The normalized spacial score (nSPS) is 26.3. The molecule has 0 radical (unpaired) electrons. The summed E-state index contributed by atoms with van der Waals surface area (Å²) in [5.74, 6) is 0. The van der Waals surface area contributed by atoms with Crippen LogP contribution in [0.25, 0.3) is 0 Å².